The van der Waals surface area contributed by atoms with Crippen LogP contribution in [0.3, 0.4) is 0 Å². The monoisotopic (exact) mass is 235 g/mol. The predicted octanol–water partition coefficient (Wildman–Crippen LogP) is 1.89. The molecule has 1 saturated carbocycles. The van der Waals surface area contributed by atoms with Gasteiger partial charge in [0.15, 0.2) is 5.84 Å². The Balaban J connectivity index is 2.05. The number of hydrogen-bond acceptors (Lipinski definition) is 4. The van der Waals surface area contributed by atoms with Crippen molar-refractivity contribution < 1.29 is 9.94 Å². The number of pyridine rings is 1. The third kappa shape index (κ3) is 3.09. The van der Waals surface area contributed by atoms with Crippen LogP contribution in [0.15, 0.2) is 23.4 Å². The van der Waals surface area contributed by atoms with Gasteiger partial charge in [0.2, 0.25) is 5.88 Å². The van der Waals surface area contributed by atoms with Gasteiger partial charge in [0.05, 0.1) is 0 Å². The second-order valence-corrected chi connectivity index (χ2v) is 4.22. The molecule has 0 amide bonds. The van der Waals surface area contributed by atoms with Crippen LogP contribution in [0, 0.1) is 0 Å². The highest BCUT2D eigenvalue weighted by molar-refractivity contribution is 5.95. The van der Waals surface area contributed by atoms with E-state index in [9.17, 15) is 0 Å². The highest BCUT2D eigenvalue weighted by Crippen LogP contribution is 2.22. The molecule has 0 bridgehead atoms. The molecule has 0 saturated heterocycles. The molecule has 5 nitrogen and oxygen atoms in total. The molecule has 0 atom stereocenters. The van der Waals surface area contributed by atoms with Crippen molar-refractivity contribution in [3.63, 3.8) is 0 Å². The number of oxime groups is 1. The minimum Gasteiger partial charge on any atom is -0.474 e. The van der Waals surface area contributed by atoms with Gasteiger partial charge in [0.25, 0.3) is 0 Å². The van der Waals surface area contributed by atoms with Crippen LogP contribution in [0.25, 0.3) is 0 Å². The Morgan fingerprint density at radius 2 is 2.12 bits per heavy atom. The average Bonchev–Trinajstić information content (AvgIpc) is 2.39. The number of rotatable bonds is 3. The molecule has 1 aliphatic carbocycles. The van der Waals surface area contributed by atoms with Crippen LogP contribution >= 0.6 is 0 Å². The number of nitrogens with zero attached hydrogens (tertiary/aromatic N) is 2. The predicted molar refractivity (Wildman–Crippen MR) is 64.2 cm³/mol. The number of aromatic nitrogens is 1. The van der Waals surface area contributed by atoms with E-state index in [1.165, 1.54) is 19.3 Å². The lowest BCUT2D eigenvalue weighted by Crippen LogP contribution is -2.21. The standard InChI is InChI=1S/C12H17N3O2/c13-12(15-16)10-7-4-8-11(14-10)17-9-5-2-1-3-6-9/h4,7-9,16H,1-3,5-6H2,(H2,13,15). The number of nitrogens with two attached hydrogens (primary N) is 1. The lowest BCUT2D eigenvalue weighted by Gasteiger charge is -2.22. The van der Waals surface area contributed by atoms with Gasteiger partial charge in [-0.1, -0.05) is 17.6 Å². The highest BCUT2D eigenvalue weighted by Gasteiger charge is 2.15. The maximum absolute atomic E-state index is 8.58. The molecule has 1 aliphatic rings. The molecule has 1 aromatic rings. The molecular weight excluding hydrogens is 218 g/mol. The van der Waals surface area contributed by atoms with E-state index in [1.54, 1.807) is 18.2 Å². The third-order valence-electron chi connectivity index (χ3n) is 2.93. The van der Waals surface area contributed by atoms with Crippen LogP contribution in [0.4, 0.5) is 0 Å². The minimum absolute atomic E-state index is 0.000839. The second-order valence-electron chi connectivity index (χ2n) is 4.22. The van der Waals surface area contributed by atoms with Crippen molar-refractivity contribution in [1.82, 2.24) is 4.98 Å². The van der Waals surface area contributed by atoms with Crippen molar-refractivity contribution in [1.29, 1.82) is 0 Å². The van der Waals surface area contributed by atoms with Crippen molar-refractivity contribution in [3.05, 3.63) is 23.9 Å². The molecule has 0 spiro atoms. The first kappa shape index (κ1) is 11.7. The molecule has 1 heterocycles. The van der Waals surface area contributed by atoms with Crippen molar-refractivity contribution in [2.75, 3.05) is 0 Å². The molecule has 5 heteroatoms. The first-order valence-electron chi connectivity index (χ1n) is 5.91. The zero-order valence-corrected chi connectivity index (χ0v) is 9.67. The van der Waals surface area contributed by atoms with Crippen LogP contribution in [-0.2, 0) is 0 Å². The van der Waals surface area contributed by atoms with E-state index in [1.807, 2.05) is 0 Å². The summed E-state index contributed by atoms with van der Waals surface area (Å²) in [5, 5.41) is 11.5. The lowest BCUT2D eigenvalue weighted by atomic mass is 9.98. The second kappa shape index (κ2) is 5.52. The van der Waals surface area contributed by atoms with E-state index in [4.69, 9.17) is 15.7 Å². The first-order chi connectivity index (χ1) is 8.29. The Kier molecular flexibility index (Phi) is 3.80. The lowest BCUT2D eigenvalue weighted by molar-refractivity contribution is 0.148. The van der Waals surface area contributed by atoms with E-state index >= 15 is 0 Å². The van der Waals surface area contributed by atoms with Gasteiger partial charge in [-0.15, -0.1) is 0 Å². The molecule has 0 aromatic carbocycles. The molecule has 0 radical (unpaired) electrons. The summed E-state index contributed by atoms with van der Waals surface area (Å²) in [5.74, 6) is 0.542. The van der Waals surface area contributed by atoms with Gasteiger partial charge in [0, 0.05) is 6.07 Å². The molecule has 1 fully saturated rings. The van der Waals surface area contributed by atoms with Crippen LogP contribution in [0.2, 0.25) is 0 Å². The van der Waals surface area contributed by atoms with Crippen molar-refractivity contribution in [3.8, 4) is 5.88 Å². The molecule has 17 heavy (non-hydrogen) atoms. The Labute approximate surface area is 100 Å². The van der Waals surface area contributed by atoms with Gasteiger partial charge in [-0.05, 0) is 31.7 Å². The van der Waals surface area contributed by atoms with Gasteiger partial charge in [-0.2, -0.15) is 0 Å². The fourth-order valence-corrected chi connectivity index (χ4v) is 2.03. The maximum atomic E-state index is 8.58. The SMILES string of the molecule is NC(=NO)c1cccc(OC2CCCCC2)n1. The molecule has 0 aliphatic heterocycles. The first-order valence-corrected chi connectivity index (χ1v) is 5.91. The summed E-state index contributed by atoms with van der Waals surface area (Å²) in [5.41, 5.74) is 5.91. The fourth-order valence-electron chi connectivity index (χ4n) is 2.03. The average molecular weight is 235 g/mol. The molecular formula is C12H17N3O2. The van der Waals surface area contributed by atoms with Gasteiger partial charge in [-0.3, -0.25) is 0 Å². The van der Waals surface area contributed by atoms with Gasteiger partial charge >= 0.3 is 0 Å². The van der Waals surface area contributed by atoms with Crippen LogP contribution < -0.4 is 10.5 Å². The Morgan fingerprint density at radius 1 is 1.35 bits per heavy atom. The topological polar surface area (TPSA) is 80.7 Å². The summed E-state index contributed by atoms with van der Waals surface area (Å²) < 4.78 is 5.79. The zero-order chi connectivity index (χ0) is 12.1. The number of ether oxygens (including phenoxy) is 1. The van der Waals surface area contributed by atoms with Crippen LogP contribution in [-0.4, -0.2) is 22.1 Å². The highest BCUT2D eigenvalue weighted by atomic mass is 16.5. The van der Waals surface area contributed by atoms with Crippen LogP contribution in [0.5, 0.6) is 5.88 Å². The molecule has 0 unspecified atom stereocenters. The molecule has 2 rings (SSSR count). The van der Waals surface area contributed by atoms with E-state index < -0.39 is 0 Å². The fraction of sp³-hybridized carbons (Fsp3) is 0.500. The number of amidine groups is 1. The van der Waals surface area contributed by atoms with E-state index in [2.05, 4.69) is 10.1 Å². The normalized spacial score (nSPS) is 18.0. The summed E-state index contributed by atoms with van der Waals surface area (Å²) in [7, 11) is 0. The summed E-state index contributed by atoms with van der Waals surface area (Å²) >= 11 is 0. The van der Waals surface area contributed by atoms with E-state index in [0.717, 1.165) is 12.8 Å². The molecule has 1 aromatic heterocycles. The van der Waals surface area contributed by atoms with Crippen molar-refractivity contribution in [2.24, 2.45) is 10.9 Å². The van der Waals surface area contributed by atoms with Gasteiger partial charge in [-0.25, -0.2) is 4.98 Å². The molecule has 92 valence electrons. The Bertz CT molecular complexity index is 400. The smallest absolute Gasteiger partial charge is 0.214 e. The number of hydrogen-bond donors (Lipinski definition) is 2. The zero-order valence-electron chi connectivity index (χ0n) is 9.67. The molecule has 3 N–H and O–H groups in total. The third-order valence-corrected chi connectivity index (χ3v) is 2.93. The quantitative estimate of drug-likeness (QED) is 0.363. The minimum atomic E-state index is -0.000839. The Morgan fingerprint density at radius 3 is 2.82 bits per heavy atom. The summed E-state index contributed by atoms with van der Waals surface area (Å²) in [6.07, 6.45) is 6.12. The Hall–Kier alpha value is -1.78. The summed E-state index contributed by atoms with van der Waals surface area (Å²) in [6.45, 7) is 0. The van der Waals surface area contributed by atoms with Crippen molar-refractivity contribution in [2.45, 2.75) is 38.2 Å². The van der Waals surface area contributed by atoms with Gasteiger partial charge < -0.3 is 15.7 Å². The maximum Gasteiger partial charge on any atom is 0.214 e. The van der Waals surface area contributed by atoms with E-state index in [-0.39, 0.29) is 11.9 Å². The van der Waals surface area contributed by atoms with Crippen molar-refractivity contribution >= 4 is 5.84 Å². The van der Waals surface area contributed by atoms with Gasteiger partial charge in [0.1, 0.15) is 11.8 Å². The summed E-state index contributed by atoms with van der Waals surface area (Å²) in [6, 6.07) is 5.27. The van der Waals surface area contributed by atoms with E-state index in [0.29, 0.717) is 11.6 Å². The largest absolute Gasteiger partial charge is 0.474 e. The summed E-state index contributed by atoms with van der Waals surface area (Å²) in [4.78, 5) is 4.20. The van der Waals surface area contributed by atoms with Crippen LogP contribution in [0.1, 0.15) is 37.8 Å².